The van der Waals surface area contributed by atoms with E-state index in [1.807, 2.05) is 53.8 Å². The summed E-state index contributed by atoms with van der Waals surface area (Å²) in [5, 5.41) is 14.8. The molecule has 0 bridgehead atoms. The number of terminal acetylenes is 1. The molecule has 4 rings (SSSR count). The van der Waals surface area contributed by atoms with Crippen LogP contribution >= 0.6 is 11.9 Å². The third-order valence-corrected chi connectivity index (χ3v) is 7.18. The Hall–Kier alpha value is -3.73. The van der Waals surface area contributed by atoms with Gasteiger partial charge in [0.25, 0.3) is 5.91 Å². The zero-order valence-corrected chi connectivity index (χ0v) is 22.0. The zero-order valence-electron chi connectivity index (χ0n) is 21.2. The van der Waals surface area contributed by atoms with Crippen LogP contribution in [0.15, 0.2) is 77.7 Å². The van der Waals surface area contributed by atoms with E-state index in [4.69, 9.17) is 11.8 Å². The maximum absolute atomic E-state index is 12.9. The van der Waals surface area contributed by atoms with Crippen LogP contribution in [0.3, 0.4) is 0 Å². The molecule has 0 saturated carbocycles. The maximum atomic E-state index is 12.9. The van der Waals surface area contributed by atoms with Crippen molar-refractivity contribution in [1.29, 1.82) is 5.41 Å². The Kier molecular flexibility index (Phi) is 9.25. The molecule has 1 fully saturated rings. The van der Waals surface area contributed by atoms with Gasteiger partial charge in [0.05, 0.1) is 6.54 Å². The van der Waals surface area contributed by atoms with Crippen molar-refractivity contribution in [1.82, 2.24) is 4.31 Å². The third kappa shape index (κ3) is 7.39. The van der Waals surface area contributed by atoms with E-state index < -0.39 is 5.91 Å². The molecule has 190 valence electrons. The van der Waals surface area contributed by atoms with E-state index in [0.29, 0.717) is 24.3 Å². The highest BCUT2D eigenvalue weighted by molar-refractivity contribution is 7.97. The molecule has 0 unspecified atom stereocenters. The number of nitrogens with one attached hydrogen (secondary N) is 3. The Morgan fingerprint density at radius 2 is 1.73 bits per heavy atom. The summed E-state index contributed by atoms with van der Waals surface area (Å²) in [5.41, 5.74) is 4.19. The Balaban J connectivity index is 1.35. The molecule has 0 aliphatic carbocycles. The van der Waals surface area contributed by atoms with Crippen molar-refractivity contribution in [3.8, 4) is 12.3 Å². The number of amides is 1. The van der Waals surface area contributed by atoms with Crippen molar-refractivity contribution in [2.45, 2.75) is 30.7 Å². The van der Waals surface area contributed by atoms with Crippen molar-refractivity contribution in [2.75, 3.05) is 42.2 Å². The number of nitrogens with zero attached hydrogens (tertiary/aromatic N) is 2. The average molecular weight is 512 g/mol. The second kappa shape index (κ2) is 13.0. The van der Waals surface area contributed by atoms with Gasteiger partial charge in [-0.2, -0.15) is 0 Å². The van der Waals surface area contributed by atoms with Crippen molar-refractivity contribution >= 4 is 40.6 Å². The minimum Gasteiger partial charge on any atom is -0.380 e. The molecule has 3 N–H and O–H groups in total. The van der Waals surface area contributed by atoms with Crippen LogP contribution in [-0.2, 0) is 11.3 Å². The summed E-state index contributed by atoms with van der Waals surface area (Å²) in [6.45, 7) is 3.31. The summed E-state index contributed by atoms with van der Waals surface area (Å²) >= 11 is 1.60. The summed E-state index contributed by atoms with van der Waals surface area (Å²) in [6.07, 6.45) is 9.10. The van der Waals surface area contributed by atoms with Gasteiger partial charge in [-0.1, -0.05) is 36.3 Å². The molecule has 7 heteroatoms. The molecular weight excluding hydrogens is 478 g/mol. The van der Waals surface area contributed by atoms with Gasteiger partial charge in [-0.05, 0) is 86.3 Å². The molecule has 3 aromatic rings. The van der Waals surface area contributed by atoms with Crippen LogP contribution in [0.5, 0.6) is 0 Å². The van der Waals surface area contributed by atoms with Crippen LogP contribution in [0.4, 0.5) is 17.1 Å². The Bertz CT molecular complexity index is 1240. The fourth-order valence-corrected chi connectivity index (χ4v) is 5.04. The van der Waals surface area contributed by atoms with Gasteiger partial charge >= 0.3 is 0 Å². The van der Waals surface area contributed by atoms with E-state index in [0.717, 1.165) is 29.2 Å². The number of anilines is 3. The first-order chi connectivity index (χ1) is 18.0. The quantitative estimate of drug-likeness (QED) is 0.180. The summed E-state index contributed by atoms with van der Waals surface area (Å²) < 4.78 is 2.00. The maximum Gasteiger partial charge on any atom is 0.274 e. The monoisotopic (exact) mass is 511 g/mol. The fourth-order valence-electron chi connectivity index (χ4n) is 4.29. The molecule has 1 aliphatic rings. The van der Waals surface area contributed by atoms with E-state index in [1.165, 1.54) is 24.9 Å². The van der Waals surface area contributed by atoms with Gasteiger partial charge in [0.2, 0.25) is 0 Å². The summed E-state index contributed by atoms with van der Waals surface area (Å²) in [7, 11) is 1.96. The van der Waals surface area contributed by atoms with Gasteiger partial charge in [0.1, 0.15) is 5.71 Å². The van der Waals surface area contributed by atoms with Crippen molar-refractivity contribution < 1.29 is 4.79 Å². The summed E-state index contributed by atoms with van der Waals surface area (Å²) in [6, 6.07) is 23.6. The largest absolute Gasteiger partial charge is 0.380 e. The first-order valence-corrected chi connectivity index (χ1v) is 13.3. The van der Waals surface area contributed by atoms with Crippen LogP contribution in [0.2, 0.25) is 0 Å². The minimum atomic E-state index is -0.433. The number of hydrogen-bond donors (Lipinski definition) is 3. The predicted octanol–water partition coefficient (Wildman–Crippen LogP) is 5.87. The lowest BCUT2D eigenvalue weighted by Gasteiger charge is -2.28. The van der Waals surface area contributed by atoms with E-state index in [9.17, 15) is 4.79 Å². The van der Waals surface area contributed by atoms with Crippen LogP contribution in [-0.4, -0.2) is 42.6 Å². The Labute approximate surface area is 224 Å². The third-order valence-electron chi connectivity index (χ3n) is 6.25. The van der Waals surface area contributed by atoms with Gasteiger partial charge in [-0.3, -0.25) is 10.2 Å². The van der Waals surface area contributed by atoms with Crippen molar-refractivity contribution in [3.05, 3.63) is 83.9 Å². The van der Waals surface area contributed by atoms with E-state index in [-0.39, 0.29) is 5.71 Å². The normalized spacial score (nSPS) is 13.2. The highest BCUT2D eigenvalue weighted by Gasteiger charge is 2.16. The highest BCUT2D eigenvalue weighted by Crippen LogP contribution is 2.24. The van der Waals surface area contributed by atoms with Gasteiger partial charge in [0.15, 0.2) is 0 Å². The van der Waals surface area contributed by atoms with Crippen molar-refractivity contribution in [2.24, 2.45) is 0 Å². The first-order valence-electron chi connectivity index (χ1n) is 12.5. The standard InChI is InChI=1S/C30H33N5OS/c1-3-19-34(2)37-26-17-11-23(12-18-26)22-32-28-10-6-5-9-27(28)29(31)30(36)33-24-13-15-25(16-14-24)35-20-7-4-8-21-35/h1,5-6,9-18,31-32H,4,7-8,19-22H2,2H3,(H,33,36). The predicted molar refractivity (Wildman–Crippen MR) is 155 cm³/mol. The number of para-hydroxylation sites is 1. The number of hydrogen-bond acceptors (Lipinski definition) is 6. The lowest BCUT2D eigenvalue weighted by atomic mass is 10.1. The molecular formula is C30H33N5OS. The Morgan fingerprint density at radius 3 is 2.43 bits per heavy atom. The highest BCUT2D eigenvalue weighted by atomic mass is 32.2. The average Bonchev–Trinajstić information content (AvgIpc) is 2.93. The molecule has 37 heavy (non-hydrogen) atoms. The molecule has 0 spiro atoms. The van der Waals surface area contributed by atoms with E-state index >= 15 is 0 Å². The number of benzene rings is 3. The first kappa shape index (κ1) is 26.3. The van der Waals surface area contributed by atoms with Crippen LogP contribution in [0.1, 0.15) is 30.4 Å². The molecule has 0 atom stereocenters. The Morgan fingerprint density at radius 1 is 1.03 bits per heavy atom. The topological polar surface area (TPSA) is 71.5 Å². The second-order valence-corrected chi connectivity index (χ2v) is 10.3. The second-order valence-electron chi connectivity index (χ2n) is 9.05. The zero-order chi connectivity index (χ0) is 26.0. The SMILES string of the molecule is C#CCN(C)Sc1ccc(CNc2ccccc2C(=N)C(=O)Nc2ccc(N3CCCCC3)cc2)cc1. The van der Waals surface area contributed by atoms with Crippen LogP contribution < -0.4 is 15.5 Å². The minimum absolute atomic E-state index is 0.0773. The molecule has 1 saturated heterocycles. The summed E-state index contributed by atoms with van der Waals surface area (Å²) in [5.74, 6) is 2.20. The number of carbonyl (C=O) groups is 1. The van der Waals surface area contributed by atoms with E-state index in [2.05, 4.69) is 45.7 Å². The molecule has 0 radical (unpaired) electrons. The van der Waals surface area contributed by atoms with Gasteiger partial charge in [-0.15, -0.1) is 6.42 Å². The smallest absolute Gasteiger partial charge is 0.274 e. The molecule has 6 nitrogen and oxygen atoms in total. The van der Waals surface area contributed by atoms with Crippen molar-refractivity contribution in [3.63, 3.8) is 0 Å². The van der Waals surface area contributed by atoms with Crippen LogP contribution in [0.25, 0.3) is 0 Å². The van der Waals surface area contributed by atoms with Gasteiger partial charge in [-0.25, -0.2) is 4.31 Å². The van der Waals surface area contributed by atoms with Gasteiger partial charge < -0.3 is 15.5 Å². The molecule has 1 heterocycles. The number of piperidine rings is 1. The fraction of sp³-hybridized carbons (Fsp3) is 0.267. The molecule has 0 aromatic heterocycles. The van der Waals surface area contributed by atoms with Crippen LogP contribution in [0, 0.1) is 17.8 Å². The lowest BCUT2D eigenvalue weighted by Crippen LogP contribution is -2.29. The number of carbonyl (C=O) groups excluding carboxylic acids is 1. The van der Waals surface area contributed by atoms with Gasteiger partial charge in [0, 0.05) is 47.2 Å². The molecule has 1 aliphatic heterocycles. The molecule has 1 amide bonds. The molecule has 3 aromatic carbocycles. The van der Waals surface area contributed by atoms with E-state index in [1.54, 1.807) is 18.0 Å². The number of rotatable bonds is 10. The summed E-state index contributed by atoms with van der Waals surface area (Å²) in [4.78, 5) is 16.4. The lowest BCUT2D eigenvalue weighted by molar-refractivity contribution is -0.110.